The van der Waals surface area contributed by atoms with Crippen molar-refractivity contribution in [2.75, 3.05) is 13.0 Å². The first-order chi connectivity index (χ1) is 7.88. The summed E-state index contributed by atoms with van der Waals surface area (Å²) in [4.78, 5) is 0.285. The summed E-state index contributed by atoms with van der Waals surface area (Å²) in [6.45, 7) is 0. The Morgan fingerprint density at radius 3 is 2.59 bits per heavy atom. The van der Waals surface area contributed by atoms with Crippen LogP contribution in [0.25, 0.3) is 0 Å². The Hall–Kier alpha value is -0.750. The van der Waals surface area contributed by atoms with Gasteiger partial charge in [-0.15, -0.1) is 23.4 Å². The van der Waals surface area contributed by atoms with Crippen molar-refractivity contribution in [1.82, 2.24) is 0 Å². The lowest BCUT2D eigenvalue weighted by Gasteiger charge is -2.18. The summed E-state index contributed by atoms with van der Waals surface area (Å²) in [6.07, 6.45) is -4.38. The van der Waals surface area contributed by atoms with Gasteiger partial charge in [-0.25, -0.2) is 0 Å². The number of rotatable bonds is 4. The average molecular weight is 287 g/mol. The van der Waals surface area contributed by atoms with Crippen LogP contribution >= 0.6 is 23.4 Å². The maximum atomic E-state index is 12.5. The number of thioether (sulfide) groups is 1. The zero-order valence-corrected chi connectivity index (χ0v) is 10.4. The Kier molecular flexibility index (Phi) is 4.82. The molecule has 96 valence electrons. The summed E-state index contributed by atoms with van der Waals surface area (Å²) < 4.78 is 42.5. The van der Waals surface area contributed by atoms with Gasteiger partial charge in [0.25, 0.3) is 0 Å². The van der Waals surface area contributed by atoms with Crippen LogP contribution in [-0.2, 0) is 0 Å². The van der Waals surface area contributed by atoms with Gasteiger partial charge in [-0.3, -0.25) is 0 Å². The lowest BCUT2D eigenvalue weighted by Crippen LogP contribution is -2.27. The molecule has 0 aromatic heterocycles. The van der Waals surface area contributed by atoms with Gasteiger partial charge in [0, 0.05) is 11.9 Å². The van der Waals surface area contributed by atoms with E-state index in [2.05, 4.69) is 0 Å². The Bertz CT molecular complexity index is 384. The van der Waals surface area contributed by atoms with E-state index in [1.807, 2.05) is 0 Å². The summed E-state index contributed by atoms with van der Waals surface area (Å²) in [6, 6.07) is 3.92. The van der Waals surface area contributed by atoms with Crippen LogP contribution in [0.1, 0.15) is 0 Å². The summed E-state index contributed by atoms with van der Waals surface area (Å²) in [5.41, 5.74) is 0. The number of benzene rings is 1. The van der Waals surface area contributed by atoms with Crippen LogP contribution in [-0.4, -0.2) is 29.5 Å². The molecule has 0 amide bonds. The first kappa shape index (κ1) is 14.3. The number of aromatic hydroxyl groups is 1. The van der Waals surface area contributed by atoms with Gasteiger partial charge in [0.2, 0.25) is 0 Å². The minimum atomic E-state index is -4.38. The second kappa shape index (κ2) is 5.73. The Balaban J connectivity index is 2.94. The second-order valence-electron chi connectivity index (χ2n) is 3.14. The molecule has 1 atom stereocenters. The number of phenolic OH excluding ortho intramolecular Hbond substituents is 1. The fourth-order valence-electron chi connectivity index (χ4n) is 1.09. The number of hydrogen-bond donors (Lipinski definition) is 1. The van der Waals surface area contributed by atoms with Crippen LogP contribution in [0.5, 0.6) is 11.5 Å². The highest BCUT2D eigenvalue weighted by atomic mass is 35.5. The lowest BCUT2D eigenvalue weighted by molar-refractivity contribution is -0.124. The standard InChI is InChI=1S/C10H10ClF3O2S/c1-16-7-4-6(15)2-3-8(7)17-9(5-11)10(12,13)14/h2-4,9,15H,5H2,1H3. The monoisotopic (exact) mass is 286 g/mol. The molecule has 0 saturated heterocycles. The molecule has 0 saturated carbocycles. The van der Waals surface area contributed by atoms with Crippen LogP contribution in [0.3, 0.4) is 0 Å². The molecule has 2 nitrogen and oxygen atoms in total. The van der Waals surface area contributed by atoms with E-state index in [9.17, 15) is 18.3 Å². The van der Waals surface area contributed by atoms with E-state index in [1.54, 1.807) is 0 Å². The highest BCUT2D eigenvalue weighted by molar-refractivity contribution is 8.00. The normalized spacial score (nSPS) is 13.5. The van der Waals surface area contributed by atoms with Gasteiger partial charge in [-0.2, -0.15) is 13.2 Å². The molecule has 0 spiro atoms. The zero-order chi connectivity index (χ0) is 13.1. The molecule has 0 aliphatic heterocycles. The zero-order valence-electron chi connectivity index (χ0n) is 8.79. The molecule has 1 rings (SSSR count). The third-order valence-corrected chi connectivity index (χ3v) is 3.72. The summed E-state index contributed by atoms with van der Waals surface area (Å²) in [7, 11) is 1.32. The number of alkyl halides is 4. The summed E-state index contributed by atoms with van der Waals surface area (Å²) >= 11 is 5.86. The number of halogens is 4. The summed E-state index contributed by atoms with van der Waals surface area (Å²) in [5.74, 6) is -0.423. The molecule has 17 heavy (non-hydrogen) atoms. The first-order valence-corrected chi connectivity index (χ1v) is 5.96. The predicted molar refractivity (Wildman–Crippen MR) is 61.1 cm³/mol. The quantitative estimate of drug-likeness (QED) is 0.676. The SMILES string of the molecule is COc1cc(O)ccc1SC(CCl)C(F)(F)F. The molecule has 1 aromatic rings. The lowest BCUT2D eigenvalue weighted by atomic mass is 10.3. The molecular formula is C10H10ClF3O2S. The number of hydrogen-bond acceptors (Lipinski definition) is 3. The molecule has 1 N–H and O–H groups in total. The second-order valence-corrected chi connectivity index (χ2v) is 4.69. The molecule has 0 fully saturated rings. The molecule has 7 heteroatoms. The van der Waals surface area contributed by atoms with Crippen molar-refractivity contribution in [3.05, 3.63) is 18.2 Å². The van der Waals surface area contributed by atoms with Gasteiger partial charge in [-0.1, -0.05) is 0 Å². The Morgan fingerprint density at radius 1 is 1.47 bits per heavy atom. The average Bonchev–Trinajstić information content (AvgIpc) is 2.25. The van der Waals surface area contributed by atoms with Gasteiger partial charge in [0.15, 0.2) is 0 Å². The first-order valence-electron chi connectivity index (χ1n) is 4.54. The summed E-state index contributed by atoms with van der Waals surface area (Å²) in [5, 5.41) is 7.48. The fourth-order valence-corrected chi connectivity index (χ4v) is 2.36. The number of ether oxygens (including phenoxy) is 1. The van der Waals surface area contributed by atoms with Crippen molar-refractivity contribution < 1.29 is 23.0 Å². The maximum absolute atomic E-state index is 12.5. The topological polar surface area (TPSA) is 29.5 Å². The number of methoxy groups -OCH3 is 1. The van der Waals surface area contributed by atoms with Crippen molar-refractivity contribution in [1.29, 1.82) is 0 Å². The Labute approximate surface area is 106 Å². The van der Waals surface area contributed by atoms with E-state index >= 15 is 0 Å². The van der Waals surface area contributed by atoms with E-state index in [0.717, 1.165) is 0 Å². The van der Waals surface area contributed by atoms with Crippen LogP contribution in [0.15, 0.2) is 23.1 Å². The molecule has 0 heterocycles. The molecular weight excluding hydrogens is 277 g/mol. The van der Waals surface area contributed by atoms with Crippen molar-refractivity contribution in [2.24, 2.45) is 0 Å². The minimum Gasteiger partial charge on any atom is -0.508 e. The maximum Gasteiger partial charge on any atom is 0.402 e. The third-order valence-electron chi connectivity index (χ3n) is 1.92. The molecule has 0 radical (unpaired) electrons. The highest BCUT2D eigenvalue weighted by Crippen LogP contribution is 2.40. The molecule has 1 unspecified atom stereocenters. The molecule has 0 bridgehead atoms. The number of phenols is 1. The van der Waals surface area contributed by atoms with Gasteiger partial charge in [0.1, 0.15) is 16.7 Å². The highest BCUT2D eigenvalue weighted by Gasteiger charge is 2.40. The largest absolute Gasteiger partial charge is 0.508 e. The van der Waals surface area contributed by atoms with Crippen LogP contribution in [0.4, 0.5) is 13.2 Å². The van der Waals surface area contributed by atoms with E-state index < -0.39 is 17.3 Å². The van der Waals surface area contributed by atoms with Crippen molar-refractivity contribution in [3.8, 4) is 11.5 Å². The predicted octanol–water partition coefficient (Wildman–Crippen LogP) is 3.66. The van der Waals surface area contributed by atoms with Gasteiger partial charge < -0.3 is 9.84 Å². The molecule has 0 aliphatic rings. The van der Waals surface area contributed by atoms with Gasteiger partial charge in [-0.05, 0) is 12.1 Å². The van der Waals surface area contributed by atoms with Gasteiger partial charge in [0.05, 0.1) is 12.0 Å². The van der Waals surface area contributed by atoms with Crippen molar-refractivity contribution >= 4 is 23.4 Å². The van der Waals surface area contributed by atoms with Gasteiger partial charge >= 0.3 is 6.18 Å². The van der Waals surface area contributed by atoms with E-state index in [-0.39, 0.29) is 16.4 Å². The smallest absolute Gasteiger partial charge is 0.402 e. The molecule has 0 aliphatic carbocycles. The third kappa shape index (κ3) is 3.89. The Morgan fingerprint density at radius 2 is 2.12 bits per heavy atom. The van der Waals surface area contributed by atoms with Crippen LogP contribution in [0, 0.1) is 0 Å². The molecule has 1 aromatic carbocycles. The van der Waals surface area contributed by atoms with Crippen molar-refractivity contribution in [3.63, 3.8) is 0 Å². The van der Waals surface area contributed by atoms with E-state index in [4.69, 9.17) is 16.3 Å². The van der Waals surface area contributed by atoms with Crippen LogP contribution < -0.4 is 4.74 Å². The van der Waals surface area contributed by atoms with E-state index in [1.165, 1.54) is 25.3 Å². The fraction of sp³-hybridized carbons (Fsp3) is 0.400. The van der Waals surface area contributed by atoms with E-state index in [0.29, 0.717) is 11.8 Å². The van der Waals surface area contributed by atoms with Crippen molar-refractivity contribution in [2.45, 2.75) is 16.3 Å². The van der Waals surface area contributed by atoms with Crippen LogP contribution in [0.2, 0.25) is 0 Å². The minimum absolute atomic E-state index is 0.0689.